The molecule has 5 heteroatoms. The lowest BCUT2D eigenvalue weighted by Crippen LogP contribution is -2.36. The Kier molecular flexibility index (Phi) is 3.97. The number of ether oxygens (including phenoxy) is 1. The van der Waals surface area contributed by atoms with Gasteiger partial charge >= 0.3 is 0 Å². The van der Waals surface area contributed by atoms with E-state index in [2.05, 4.69) is 10.3 Å². The van der Waals surface area contributed by atoms with E-state index in [1.807, 2.05) is 0 Å². The molecule has 1 N–H and O–H groups in total. The van der Waals surface area contributed by atoms with Crippen molar-refractivity contribution in [2.24, 2.45) is 0 Å². The summed E-state index contributed by atoms with van der Waals surface area (Å²) in [6, 6.07) is 0.470. The van der Waals surface area contributed by atoms with Crippen molar-refractivity contribution < 1.29 is 4.74 Å². The fourth-order valence-corrected chi connectivity index (χ4v) is 2.94. The van der Waals surface area contributed by atoms with E-state index in [0.717, 1.165) is 22.3 Å². The molecule has 0 aliphatic heterocycles. The maximum absolute atomic E-state index is 5.82. The van der Waals surface area contributed by atoms with Gasteiger partial charge in [-0.2, -0.15) is 0 Å². The normalized spacial score (nSPS) is 26.0. The fraction of sp³-hybridized carbons (Fsp3) is 0.700. The molecule has 0 saturated heterocycles. The Morgan fingerprint density at radius 2 is 2.53 bits per heavy atom. The molecule has 2 atom stereocenters. The maximum Gasteiger partial charge on any atom is 0.113 e. The number of nitrogens with one attached hydrogen (secondary N) is 1. The van der Waals surface area contributed by atoms with Crippen molar-refractivity contribution >= 4 is 22.9 Å². The third kappa shape index (κ3) is 2.91. The fourth-order valence-electron chi connectivity index (χ4n) is 2.03. The van der Waals surface area contributed by atoms with Gasteiger partial charge < -0.3 is 10.1 Å². The summed E-state index contributed by atoms with van der Waals surface area (Å²) >= 11 is 7.35. The Morgan fingerprint density at radius 1 is 1.67 bits per heavy atom. The first kappa shape index (κ1) is 11.3. The average Bonchev–Trinajstić information content (AvgIpc) is 2.83. The van der Waals surface area contributed by atoms with E-state index < -0.39 is 0 Å². The van der Waals surface area contributed by atoms with Crippen LogP contribution in [-0.2, 0) is 11.3 Å². The SMILES string of the molecule is COC1CCCC1NCc1ncc(Cl)s1. The quantitative estimate of drug-likeness (QED) is 0.886. The van der Waals surface area contributed by atoms with Gasteiger partial charge in [-0.1, -0.05) is 11.6 Å². The summed E-state index contributed by atoms with van der Waals surface area (Å²) in [5, 5.41) is 4.52. The van der Waals surface area contributed by atoms with Gasteiger partial charge in [0.05, 0.1) is 12.3 Å². The van der Waals surface area contributed by atoms with Crippen molar-refractivity contribution in [3.05, 3.63) is 15.5 Å². The van der Waals surface area contributed by atoms with Crippen molar-refractivity contribution in [3.63, 3.8) is 0 Å². The Morgan fingerprint density at radius 3 is 3.20 bits per heavy atom. The molecule has 1 aliphatic rings. The van der Waals surface area contributed by atoms with Crippen molar-refractivity contribution in [3.8, 4) is 0 Å². The minimum atomic E-state index is 0.362. The second-order valence-corrected chi connectivity index (χ2v) is 5.50. The molecule has 1 aromatic heterocycles. The number of hydrogen-bond acceptors (Lipinski definition) is 4. The highest BCUT2D eigenvalue weighted by Gasteiger charge is 2.26. The van der Waals surface area contributed by atoms with Crippen LogP contribution in [-0.4, -0.2) is 24.2 Å². The number of rotatable bonds is 4. The van der Waals surface area contributed by atoms with Gasteiger partial charge in [-0.25, -0.2) is 4.98 Å². The molecular weight excluding hydrogens is 232 g/mol. The first-order valence-corrected chi connectivity index (χ1v) is 6.35. The molecule has 84 valence electrons. The van der Waals surface area contributed by atoms with Crippen LogP contribution < -0.4 is 5.32 Å². The molecule has 0 radical (unpaired) electrons. The Labute approximate surface area is 98.8 Å². The van der Waals surface area contributed by atoms with Gasteiger partial charge in [-0.05, 0) is 19.3 Å². The van der Waals surface area contributed by atoms with Gasteiger partial charge in [0.1, 0.15) is 9.34 Å². The zero-order valence-electron chi connectivity index (χ0n) is 8.70. The number of halogens is 1. The molecule has 0 spiro atoms. The first-order valence-electron chi connectivity index (χ1n) is 5.16. The first-order chi connectivity index (χ1) is 7.29. The minimum absolute atomic E-state index is 0.362. The lowest BCUT2D eigenvalue weighted by Gasteiger charge is -2.18. The van der Waals surface area contributed by atoms with E-state index in [1.165, 1.54) is 24.2 Å². The van der Waals surface area contributed by atoms with Crippen LogP contribution in [0.2, 0.25) is 4.34 Å². The predicted molar refractivity (Wildman–Crippen MR) is 62.4 cm³/mol. The molecule has 2 rings (SSSR count). The third-order valence-electron chi connectivity index (χ3n) is 2.80. The largest absolute Gasteiger partial charge is 0.380 e. The standard InChI is InChI=1S/C10H15ClN2OS/c1-14-8-4-2-3-7(8)12-6-10-13-5-9(11)15-10/h5,7-8,12H,2-4,6H2,1H3. The molecule has 0 amide bonds. The molecule has 1 aliphatic carbocycles. The Bertz CT molecular complexity index is 318. The summed E-state index contributed by atoms with van der Waals surface area (Å²) in [6.45, 7) is 0.794. The van der Waals surface area contributed by atoms with Crippen LogP contribution in [0.25, 0.3) is 0 Å². The number of thiazole rings is 1. The molecule has 15 heavy (non-hydrogen) atoms. The summed E-state index contributed by atoms with van der Waals surface area (Å²) in [5.41, 5.74) is 0. The van der Waals surface area contributed by atoms with Crippen LogP contribution in [0.4, 0.5) is 0 Å². The molecule has 1 heterocycles. The van der Waals surface area contributed by atoms with Crippen LogP contribution in [0.5, 0.6) is 0 Å². The molecule has 0 bridgehead atoms. The summed E-state index contributed by atoms with van der Waals surface area (Å²) < 4.78 is 6.16. The average molecular weight is 247 g/mol. The number of aromatic nitrogens is 1. The summed E-state index contributed by atoms with van der Waals surface area (Å²) in [6.07, 6.45) is 5.66. The zero-order valence-corrected chi connectivity index (χ0v) is 10.3. The third-order valence-corrected chi connectivity index (χ3v) is 3.91. The number of nitrogens with zero attached hydrogens (tertiary/aromatic N) is 1. The lowest BCUT2D eigenvalue weighted by molar-refractivity contribution is 0.0847. The van der Waals surface area contributed by atoms with E-state index in [4.69, 9.17) is 16.3 Å². The zero-order chi connectivity index (χ0) is 10.7. The molecule has 2 unspecified atom stereocenters. The van der Waals surface area contributed by atoms with E-state index in [-0.39, 0.29) is 0 Å². The lowest BCUT2D eigenvalue weighted by atomic mass is 10.2. The molecule has 1 fully saturated rings. The van der Waals surface area contributed by atoms with E-state index >= 15 is 0 Å². The summed E-state index contributed by atoms with van der Waals surface area (Å²) in [5.74, 6) is 0. The molecule has 1 saturated carbocycles. The Balaban J connectivity index is 1.82. The van der Waals surface area contributed by atoms with E-state index in [1.54, 1.807) is 13.3 Å². The monoisotopic (exact) mass is 246 g/mol. The summed E-state index contributed by atoms with van der Waals surface area (Å²) in [4.78, 5) is 4.21. The highest BCUT2D eigenvalue weighted by Crippen LogP contribution is 2.23. The van der Waals surface area contributed by atoms with Crippen LogP contribution >= 0.6 is 22.9 Å². The van der Waals surface area contributed by atoms with Crippen LogP contribution in [0, 0.1) is 0 Å². The molecule has 0 aromatic carbocycles. The maximum atomic E-state index is 5.82. The second-order valence-electron chi connectivity index (χ2n) is 3.75. The second kappa shape index (κ2) is 5.25. The van der Waals surface area contributed by atoms with Gasteiger partial charge in [0.2, 0.25) is 0 Å². The van der Waals surface area contributed by atoms with Crippen molar-refractivity contribution in [1.29, 1.82) is 0 Å². The summed E-state index contributed by atoms with van der Waals surface area (Å²) in [7, 11) is 1.78. The van der Waals surface area contributed by atoms with Gasteiger partial charge in [-0.3, -0.25) is 0 Å². The molecular formula is C10H15ClN2OS. The van der Waals surface area contributed by atoms with Crippen LogP contribution in [0.15, 0.2) is 6.20 Å². The number of hydrogen-bond donors (Lipinski definition) is 1. The Hall–Kier alpha value is -0.160. The van der Waals surface area contributed by atoms with Gasteiger partial charge in [0.15, 0.2) is 0 Å². The van der Waals surface area contributed by atoms with Crippen LogP contribution in [0.1, 0.15) is 24.3 Å². The van der Waals surface area contributed by atoms with Gasteiger partial charge in [0, 0.05) is 19.7 Å². The predicted octanol–water partition coefficient (Wildman–Crippen LogP) is 2.45. The molecule has 1 aromatic rings. The van der Waals surface area contributed by atoms with Crippen molar-refractivity contribution in [1.82, 2.24) is 10.3 Å². The highest BCUT2D eigenvalue weighted by molar-refractivity contribution is 7.15. The van der Waals surface area contributed by atoms with E-state index in [0.29, 0.717) is 12.1 Å². The van der Waals surface area contributed by atoms with Crippen LogP contribution in [0.3, 0.4) is 0 Å². The molecule has 3 nitrogen and oxygen atoms in total. The topological polar surface area (TPSA) is 34.1 Å². The van der Waals surface area contributed by atoms with Gasteiger partial charge in [-0.15, -0.1) is 11.3 Å². The highest BCUT2D eigenvalue weighted by atomic mass is 35.5. The van der Waals surface area contributed by atoms with Crippen molar-refractivity contribution in [2.75, 3.05) is 7.11 Å². The minimum Gasteiger partial charge on any atom is -0.380 e. The smallest absolute Gasteiger partial charge is 0.113 e. The van der Waals surface area contributed by atoms with Gasteiger partial charge in [0.25, 0.3) is 0 Å². The number of methoxy groups -OCH3 is 1. The van der Waals surface area contributed by atoms with E-state index in [9.17, 15) is 0 Å². The van der Waals surface area contributed by atoms with Crippen molar-refractivity contribution in [2.45, 2.75) is 38.0 Å².